The van der Waals surface area contributed by atoms with Crippen molar-refractivity contribution in [1.82, 2.24) is 10.1 Å². The summed E-state index contributed by atoms with van der Waals surface area (Å²) >= 11 is 3.57. The van der Waals surface area contributed by atoms with Gasteiger partial charge in [-0.1, -0.05) is 19.0 Å². The quantitative estimate of drug-likeness (QED) is 0.813. The van der Waals surface area contributed by atoms with E-state index >= 15 is 0 Å². The fourth-order valence-electron chi connectivity index (χ4n) is 1.09. The van der Waals surface area contributed by atoms with E-state index in [4.69, 9.17) is 10.3 Å². The number of rotatable bonds is 7. The number of nitrogens with zero attached hydrogens (tertiary/aromatic N) is 2. The molecule has 6 heteroatoms. The third-order valence-corrected chi connectivity index (χ3v) is 3.72. The van der Waals surface area contributed by atoms with Gasteiger partial charge < -0.3 is 10.3 Å². The van der Waals surface area contributed by atoms with Gasteiger partial charge in [0.2, 0.25) is 5.89 Å². The molecule has 0 aliphatic heterocycles. The van der Waals surface area contributed by atoms with Crippen molar-refractivity contribution in [3.63, 3.8) is 0 Å². The van der Waals surface area contributed by atoms with Crippen LogP contribution in [0, 0.1) is 0 Å². The number of hydrogen-bond acceptors (Lipinski definition) is 6. The van der Waals surface area contributed by atoms with E-state index in [0.29, 0.717) is 11.1 Å². The van der Waals surface area contributed by atoms with E-state index in [-0.39, 0.29) is 6.04 Å². The molecule has 0 aromatic carbocycles. The van der Waals surface area contributed by atoms with Crippen molar-refractivity contribution in [1.29, 1.82) is 0 Å². The van der Waals surface area contributed by atoms with Crippen LogP contribution in [0.15, 0.2) is 4.52 Å². The summed E-state index contributed by atoms with van der Waals surface area (Å²) < 4.78 is 5.15. The lowest BCUT2D eigenvalue weighted by Gasteiger charge is -2.03. The first kappa shape index (κ1) is 13.9. The number of hydrogen-bond donors (Lipinski definition) is 1. The van der Waals surface area contributed by atoms with Gasteiger partial charge in [-0.15, -0.1) is 0 Å². The molecule has 0 saturated heterocycles. The van der Waals surface area contributed by atoms with Gasteiger partial charge >= 0.3 is 0 Å². The first-order valence-corrected chi connectivity index (χ1v) is 7.76. The minimum absolute atomic E-state index is 0.127. The Morgan fingerprint density at radius 2 is 2.19 bits per heavy atom. The van der Waals surface area contributed by atoms with Crippen molar-refractivity contribution in [2.75, 3.05) is 12.0 Å². The predicted octanol–water partition coefficient (Wildman–Crippen LogP) is 2.46. The molecule has 0 bridgehead atoms. The molecule has 16 heavy (non-hydrogen) atoms. The molecule has 0 radical (unpaired) electrons. The van der Waals surface area contributed by atoms with Crippen LogP contribution in [0.3, 0.4) is 0 Å². The van der Waals surface area contributed by atoms with Gasteiger partial charge in [-0.25, -0.2) is 0 Å². The highest BCUT2D eigenvalue weighted by atomic mass is 32.2. The van der Waals surface area contributed by atoms with Gasteiger partial charge in [-0.3, -0.25) is 0 Å². The molecule has 2 N–H and O–H groups in total. The van der Waals surface area contributed by atoms with Crippen LogP contribution in [-0.4, -0.2) is 27.4 Å². The number of aromatic nitrogens is 2. The van der Waals surface area contributed by atoms with Gasteiger partial charge in [0.15, 0.2) is 5.82 Å². The summed E-state index contributed by atoms with van der Waals surface area (Å²) in [5.41, 5.74) is 5.93. The lowest BCUT2D eigenvalue weighted by molar-refractivity contribution is 0.350. The molecule has 1 atom stereocenters. The normalized spacial score (nSPS) is 13.3. The molecule has 0 aliphatic rings. The zero-order chi connectivity index (χ0) is 12.0. The lowest BCUT2D eigenvalue weighted by Crippen LogP contribution is -2.11. The molecular formula is C10H19N3OS2. The lowest BCUT2D eigenvalue weighted by atomic mass is 10.2. The predicted molar refractivity (Wildman–Crippen MR) is 70.7 cm³/mol. The van der Waals surface area contributed by atoms with Gasteiger partial charge in [0.05, 0.1) is 11.8 Å². The van der Waals surface area contributed by atoms with Crippen LogP contribution in [0.4, 0.5) is 0 Å². The third kappa shape index (κ3) is 4.76. The standard InChI is InChI=1S/C10H19N3OS2/c1-7(2)16-6-9-12-10(14-13-9)8(11)4-5-15-3/h7-8H,4-6,11H2,1-3H3/t8-/m1/s1. The Balaban J connectivity index is 2.43. The molecule has 1 aromatic rings. The Morgan fingerprint density at radius 1 is 1.44 bits per heavy atom. The van der Waals surface area contributed by atoms with Gasteiger partial charge in [-0.05, 0) is 23.7 Å². The summed E-state index contributed by atoms with van der Waals surface area (Å²) in [6, 6.07) is -0.127. The van der Waals surface area contributed by atoms with Crippen LogP contribution >= 0.6 is 23.5 Å². The molecule has 4 nitrogen and oxygen atoms in total. The van der Waals surface area contributed by atoms with Crippen molar-refractivity contribution in [3.05, 3.63) is 11.7 Å². The zero-order valence-corrected chi connectivity index (χ0v) is 11.6. The molecule has 0 saturated carbocycles. The van der Waals surface area contributed by atoms with Gasteiger partial charge in [-0.2, -0.15) is 28.5 Å². The second-order valence-corrected chi connectivity index (χ2v) is 6.35. The molecular weight excluding hydrogens is 242 g/mol. The molecule has 0 fully saturated rings. The largest absolute Gasteiger partial charge is 0.338 e. The van der Waals surface area contributed by atoms with Crippen molar-refractivity contribution < 1.29 is 4.52 Å². The van der Waals surface area contributed by atoms with E-state index in [1.54, 1.807) is 23.5 Å². The minimum atomic E-state index is -0.127. The summed E-state index contributed by atoms with van der Waals surface area (Å²) in [6.07, 6.45) is 2.94. The van der Waals surface area contributed by atoms with Crippen LogP contribution in [-0.2, 0) is 5.75 Å². The molecule has 92 valence electrons. The summed E-state index contributed by atoms with van der Waals surface area (Å²) in [6.45, 7) is 4.30. The highest BCUT2D eigenvalue weighted by Crippen LogP contribution is 2.18. The minimum Gasteiger partial charge on any atom is -0.338 e. The van der Waals surface area contributed by atoms with Crippen LogP contribution in [0.2, 0.25) is 0 Å². The Morgan fingerprint density at radius 3 is 2.81 bits per heavy atom. The topological polar surface area (TPSA) is 64.9 Å². The molecule has 0 spiro atoms. The maximum atomic E-state index is 5.93. The average molecular weight is 261 g/mol. The van der Waals surface area contributed by atoms with Gasteiger partial charge in [0, 0.05) is 0 Å². The first-order valence-electron chi connectivity index (χ1n) is 5.32. The zero-order valence-electron chi connectivity index (χ0n) is 9.97. The monoisotopic (exact) mass is 261 g/mol. The highest BCUT2D eigenvalue weighted by Gasteiger charge is 2.14. The Hall–Kier alpha value is -0.200. The Bertz CT molecular complexity index is 304. The van der Waals surface area contributed by atoms with Crippen molar-refractivity contribution in [2.45, 2.75) is 37.3 Å². The third-order valence-electron chi connectivity index (χ3n) is 1.98. The van der Waals surface area contributed by atoms with E-state index < -0.39 is 0 Å². The average Bonchev–Trinajstić information content (AvgIpc) is 2.71. The SMILES string of the molecule is CSCC[C@@H](N)c1nc(CSC(C)C)no1. The summed E-state index contributed by atoms with van der Waals surface area (Å²) in [7, 11) is 0. The van der Waals surface area contributed by atoms with E-state index in [1.165, 1.54) is 0 Å². The molecule has 1 heterocycles. The van der Waals surface area contributed by atoms with E-state index in [1.807, 2.05) is 0 Å². The maximum absolute atomic E-state index is 5.93. The van der Waals surface area contributed by atoms with E-state index in [0.717, 1.165) is 23.8 Å². The van der Waals surface area contributed by atoms with Crippen LogP contribution in [0.25, 0.3) is 0 Å². The van der Waals surface area contributed by atoms with E-state index in [9.17, 15) is 0 Å². The van der Waals surface area contributed by atoms with Crippen molar-refractivity contribution in [3.8, 4) is 0 Å². The summed E-state index contributed by atoms with van der Waals surface area (Å²) in [4.78, 5) is 4.30. The Labute approximate surface area is 105 Å². The molecule has 0 unspecified atom stereocenters. The fraction of sp³-hybridized carbons (Fsp3) is 0.800. The maximum Gasteiger partial charge on any atom is 0.243 e. The molecule has 1 aromatic heterocycles. The second-order valence-electron chi connectivity index (χ2n) is 3.80. The smallest absolute Gasteiger partial charge is 0.243 e. The molecule has 0 aliphatic carbocycles. The van der Waals surface area contributed by atoms with Crippen molar-refractivity contribution >= 4 is 23.5 Å². The summed E-state index contributed by atoms with van der Waals surface area (Å²) in [5, 5.41) is 4.50. The van der Waals surface area contributed by atoms with E-state index in [2.05, 4.69) is 30.2 Å². The second kappa shape index (κ2) is 7.19. The van der Waals surface area contributed by atoms with Crippen LogP contribution in [0.5, 0.6) is 0 Å². The number of thioether (sulfide) groups is 2. The first-order chi connectivity index (χ1) is 7.63. The Kier molecular flexibility index (Phi) is 6.23. The fourth-order valence-corrected chi connectivity index (χ4v) is 2.18. The summed E-state index contributed by atoms with van der Waals surface area (Å²) in [5.74, 6) is 3.11. The molecule has 1 rings (SSSR count). The van der Waals surface area contributed by atoms with Crippen molar-refractivity contribution in [2.24, 2.45) is 5.73 Å². The highest BCUT2D eigenvalue weighted by molar-refractivity contribution is 7.99. The van der Waals surface area contributed by atoms with Gasteiger partial charge in [0.25, 0.3) is 0 Å². The van der Waals surface area contributed by atoms with Crippen LogP contribution < -0.4 is 5.73 Å². The number of nitrogens with two attached hydrogens (primary N) is 1. The molecule has 0 amide bonds. The van der Waals surface area contributed by atoms with Crippen LogP contribution in [0.1, 0.15) is 38.0 Å². The van der Waals surface area contributed by atoms with Gasteiger partial charge in [0.1, 0.15) is 0 Å².